The second-order valence-corrected chi connectivity index (χ2v) is 6.69. The minimum atomic E-state index is -0.416. The standard InChI is InChI=1S/C13H21N3O2S/c1-13(2,3)18-12(17)16-8-10(9-16)14-5-4-11-15-6-7-19-11/h6-7,10,14H,4-5,8-9H2,1-3H3. The molecule has 106 valence electrons. The third kappa shape index (κ3) is 4.47. The SMILES string of the molecule is CC(C)(C)OC(=O)N1CC(NCCc2nccs2)C1. The van der Waals surface area contributed by atoms with Gasteiger partial charge in [-0.3, -0.25) is 0 Å². The van der Waals surface area contributed by atoms with Crippen LogP contribution in [0.3, 0.4) is 0 Å². The minimum Gasteiger partial charge on any atom is -0.444 e. The molecule has 1 aromatic heterocycles. The summed E-state index contributed by atoms with van der Waals surface area (Å²) in [6.07, 6.45) is 2.55. The number of amides is 1. The molecule has 1 saturated heterocycles. The van der Waals surface area contributed by atoms with Crippen molar-refractivity contribution in [1.82, 2.24) is 15.2 Å². The topological polar surface area (TPSA) is 54.5 Å². The summed E-state index contributed by atoms with van der Waals surface area (Å²) in [4.78, 5) is 17.7. The molecule has 1 N–H and O–H groups in total. The van der Waals surface area contributed by atoms with Gasteiger partial charge in [-0.05, 0) is 20.8 Å². The smallest absolute Gasteiger partial charge is 0.410 e. The van der Waals surface area contributed by atoms with E-state index in [1.54, 1.807) is 16.2 Å². The van der Waals surface area contributed by atoms with Gasteiger partial charge < -0.3 is 15.0 Å². The second-order valence-electron chi connectivity index (χ2n) is 5.71. The van der Waals surface area contributed by atoms with Crippen LogP contribution in [0.2, 0.25) is 0 Å². The van der Waals surface area contributed by atoms with Crippen molar-refractivity contribution in [2.24, 2.45) is 0 Å². The van der Waals surface area contributed by atoms with E-state index >= 15 is 0 Å². The first-order chi connectivity index (χ1) is 8.94. The van der Waals surface area contributed by atoms with Gasteiger partial charge in [0.15, 0.2) is 0 Å². The Labute approximate surface area is 118 Å². The Kier molecular flexibility index (Phi) is 4.42. The highest BCUT2D eigenvalue weighted by Crippen LogP contribution is 2.15. The molecule has 1 amide bonds. The molecule has 1 aromatic rings. The fourth-order valence-electron chi connectivity index (χ4n) is 1.84. The van der Waals surface area contributed by atoms with Gasteiger partial charge in [-0.15, -0.1) is 11.3 Å². The highest BCUT2D eigenvalue weighted by Gasteiger charge is 2.33. The van der Waals surface area contributed by atoms with Crippen LogP contribution in [0.25, 0.3) is 0 Å². The van der Waals surface area contributed by atoms with Gasteiger partial charge in [0.05, 0.1) is 5.01 Å². The molecule has 1 fully saturated rings. The molecule has 19 heavy (non-hydrogen) atoms. The number of carbonyl (C=O) groups excluding carboxylic acids is 1. The van der Waals surface area contributed by atoms with E-state index in [-0.39, 0.29) is 6.09 Å². The molecule has 0 atom stereocenters. The average molecular weight is 283 g/mol. The Bertz CT molecular complexity index is 408. The number of nitrogens with zero attached hydrogens (tertiary/aromatic N) is 2. The first-order valence-corrected chi connectivity index (χ1v) is 7.42. The van der Waals surface area contributed by atoms with Crippen LogP contribution in [0.4, 0.5) is 4.79 Å². The Hall–Kier alpha value is -1.14. The molecule has 0 spiro atoms. The number of ether oxygens (including phenoxy) is 1. The molecule has 0 aliphatic carbocycles. The van der Waals surface area contributed by atoms with Crippen LogP contribution in [-0.2, 0) is 11.2 Å². The summed E-state index contributed by atoms with van der Waals surface area (Å²) in [6, 6.07) is 0.382. The van der Waals surface area contributed by atoms with E-state index in [4.69, 9.17) is 4.74 Å². The lowest BCUT2D eigenvalue weighted by Gasteiger charge is -2.40. The zero-order chi connectivity index (χ0) is 13.9. The van der Waals surface area contributed by atoms with E-state index in [1.807, 2.05) is 32.3 Å². The maximum absolute atomic E-state index is 11.7. The molecule has 1 aliphatic heterocycles. The molecule has 2 rings (SSSR count). The van der Waals surface area contributed by atoms with Gasteiger partial charge in [-0.1, -0.05) is 0 Å². The van der Waals surface area contributed by atoms with Gasteiger partial charge >= 0.3 is 6.09 Å². The molecule has 5 nitrogen and oxygen atoms in total. The Balaban J connectivity index is 1.60. The number of aromatic nitrogens is 1. The number of carbonyl (C=O) groups is 1. The molecular weight excluding hydrogens is 262 g/mol. The molecule has 1 aliphatic rings. The van der Waals surface area contributed by atoms with E-state index in [2.05, 4.69) is 10.3 Å². The summed E-state index contributed by atoms with van der Waals surface area (Å²) < 4.78 is 5.30. The van der Waals surface area contributed by atoms with Crippen molar-refractivity contribution in [1.29, 1.82) is 0 Å². The molecule has 0 bridgehead atoms. The van der Waals surface area contributed by atoms with Crippen molar-refractivity contribution in [3.8, 4) is 0 Å². The van der Waals surface area contributed by atoms with Crippen molar-refractivity contribution in [2.45, 2.75) is 38.8 Å². The van der Waals surface area contributed by atoms with Gasteiger partial charge in [-0.25, -0.2) is 9.78 Å². The number of rotatable bonds is 4. The van der Waals surface area contributed by atoms with Crippen LogP contribution in [0.15, 0.2) is 11.6 Å². The predicted octanol–water partition coefficient (Wildman–Crippen LogP) is 1.89. The summed E-state index contributed by atoms with van der Waals surface area (Å²) in [5.41, 5.74) is -0.416. The van der Waals surface area contributed by atoms with Crippen molar-refractivity contribution < 1.29 is 9.53 Å². The zero-order valence-electron chi connectivity index (χ0n) is 11.7. The number of hydrogen-bond acceptors (Lipinski definition) is 5. The molecule has 2 heterocycles. The van der Waals surface area contributed by atoms with Crippen LogP contribution in [0.1, 0.15) is 25.8 Å². The van der Waals surface area contributed by atoms with Gasteiger partial charge in [-0.2, -0.15) is 0 Å². The maximum Gasteiger partial charge on any atom is 0.410 e. The van der Waals surface area contributed by atoms with Crippen molar-refractivity contribution in [3.05, 3.63) is 16.6 Å². The van der Waals surface area contributed by atoms with Gasteiger partial charge in [0.1, 0.15) is 5.60 Å². The van der Waals surface area contributed by atoms with Crippen LogP contribution in [0.5, 0.6) is 0 Å². The van der Waals surface area contributed by atoms with Gasteiger partial charge in [0.25, 0.3) is 0 Å². The Morgan fingerprint density at radius 1 is 1.58 bits per heavy atom. The van der Waals surface area contributed by atoms with Crippen molar-refractivity contribution >= 4 is 17.4 Å². The van der Waals surface area contributed by atoms with E-state index < -0.39 is 5.60 Å². The Morgan fingerprint density at radius 2 is 2.32 bits per heavy atom. The zero-order valence-corrected chi connectivity index (χ0v) is 12.5. The van der Waals surface area contributed by atoms with Crippen molar-refractivity contribution in [3.63, 3.8) is 0 Å². The lowest BCUT2D eigenvalue weighted by molar-refractivity contribution is 0.00542. The van der Waals surface area contributed by atoms with E-state index in [0.717, 1.165) is 31.1 Å². The largest absolute Gasteiger partial charge is 0.444 e. The van der Waals surface area contributed by atoms with Crippen LogP contribution < -0.4 is 5.32 Å². The molecule has 0 unspecified atom stereocenters. The van der Waals surface area contributed by atoms with Crippen LogP contribution >= 0.6 is 11.3 Å². The second kappa shape index (κ2) is 5.88. The number of thiazole rings is 1. The normalized spacial score (nSPS) is 16.3. The monoisotopic (exact) mass is 283 g/mol. The highest BCUT2D eigenvalue weighted by molar-refractivity contribution is 7.09. The lowest BCUT2D eigenvalue weighted by atomic mass is 10.1. The first-order valence-electron chi connectivity index (χ1n) is 6.54. The fourth-order valence-corrected chi connectivity index (χ4v) is 2.46. The first kappa shape index (κ1) is 14.3. The summed E-state index contributed by atoms with van der Waals surface area (Å²) >= 11 is 1.68. The lowest BCUT2D eigenvalue weighted by Crippen LogP contribution is -2.60. The molecule has 6 heteroatoms. The van der Waals surface area contributed by atoms with Crippen molar-refractivity contribution in [2.75, 3.05) is 19.6 Å². The molecule has 0 aromatic carbocycles. The van der Waals surface area contributed by atoms with E-state index in [0.29, 0.717) is 6.04 Å². The molecule has 0 saturated carbocycles. The highest BCUT2D eigenvalue weighted by atomic mass is 32.1. The van der Waals surface area contributed by atoms with E-state index in [9.17, 15) is 4.79 Å². The number of nitrogens with one attached hydrogen (secondary N) is 1. The molecular formula is C13H21N3O2S. The summed E-state index contributed by atoms with van der Waals surface area (Å²) in [7, 11) is 0. The number of likely N-dealkylation sites (tertiary alicyclic amines) is 1. The minimum absolute atomic E-state index is 0.217. The molecule has 0 radical (unpaired) electrons. The summed E-state index contributed by atoms with van der Waals surface area (Å²) in [6.45, 7) is 8.01. The quantitative estimate of drug-likeness (QED) is 0.917. The number of hydrogen-bond donors (Lipinski definition) is 1. The van der Waals surface area contributed by atoms with Gasteiger partial charge in [0.2, 0.25) is 0 Å². The third-order valence-corrected chi connectivity index (χ3v) is 3.63. The third-order valence-electron chi connectivity index (χ3n) is 2.79. The van der Waals surface area contributed by atoms with Crippen LogP contribution in [0, 0.1) is 0 Å². The van der Waals surface area contributed by atoms with E-state index in [1.165, 1.54) is 0 Å². The predicted molar refractivity (Wildman–Crippen MR) is 75.4 cm³/mol. The Morgan fingerprint density at radius 3 is 2.89 bits per heavy atom. The average Bonchev–Trinajstić information content (AvgIpc) is 2.71. The summed E-state index contributed by atoms with van der Waals surface area (Å²) in [5, 5.41) is 6.56. The fraction of sp³-hybridized carbons (Fsp3) is 0.692. The summed E-state index contributed by atoms with van der Waals surface area (Å²) in [5.74, 6) is 0. The van der Waals surface area contributed by atoms with Gasteiger partial charge in [0, 0.05) is 43.7 Å². The maximum atomic E-state index is 11.7. The van der Waals surface area contributed by atoms with Crippen LogP contribution in [-0.4, -0.2) is 47.3 Å².